The van der Waals surface area contributed by atoms with E-state index in [4.69, 9.17) is 0 Å². The lowest BCUT2D eigenvalue weighted by atomic mass is 9.76. The summed E-state index contributed by atoms with van der Waals surface area (Å²) in [5.41, 5.74) is -0.498. The van der Waals surface area contributed by atoms with Crippen LogP contribution in [0.5, 0.6) is 0 Å². The number of rotatable bonds is 2. The van der Waals surface area contributed by atoms with E-state index in [9.17, 15) is 5.11 Å². The van der Waals surface area contributed by atoms with Crippen molar-refractivity contribution in [3.8, 4) is 0 Å². The number of piperidine rings is 2. The smallest absolute Gasteiger partial charge is 0.171 e. The van der Waals surface area contributed by atoms with Gasteiger partial charge in [0.15, 0.2) is 11.6 Å². The molecule has 1 aromatic rings. The second-order valence-corrected chi connectivity index (χ2v) is 6.05. The molecule has 0 bridgehead atoms. The van der Waals surface area contributed by atoms with Crippen LogP contribution in [0.25, 0.3) is 0 Å². The van der Waals surface area contributed by atoms with Crippen molar-refractivity contribution in [2.75, 3.05) is 50.1 Å². The Morgan fingerprint density at radius 1 is 1.35 bits per heavy atom. The van der Waals surface area contributed by atoms with Crippen LogP contribution in [0, 0.1) is 5.92 Å². The Balaban J connectivity index is 1.83. The predicted molar refractivity (Wildman–Crippen MR) is 79.1 cm³/mol. The third kappa shape index (κ3) is 2.33. The predicted octanol–water partition coefficient (Wildman–Crippen LogP) is 0.0933. The maximum absolute atomic E-state index is 10.7. The van der Waals surface area contributed by atoms with Crippen LogP contribution in [0.15, 0.2) is 12.4 Å². The lowest BCUT2D eigenvalue weighted by molar-refractivity contribution is -0.0539. The molecule has 6 heteroatoms. The van der Waals surface area contributed by atoms with Gasteiger partial charge in [0, 0.05) is 52.0 Å². The SMILES string of the molecule is CN(C)c1nccnc1N1CC[C@@]2(O)CCNC[C@H]2C1. The van der Waals surface area contributed by atoms with Gasteiger partial charge in [0.05, 0.1) is 5.60 Å². The third-order valence-electron chi connectivity index (χ3n) is 4.52. The fourth-order valence-electron chi connectivity index (χ4n) is 3.28. The van der Waals surface area contributed by atoms with E-state index >= 15 is 0 Å². The summed E-state index contributed by atoms with van der Waals surface area (Å²) in [4.78, 5) is 13.2. The number of aromatic nitrogens is 2. The minimum atomic E-state index is -0.498. The van der Waals surface area contributed by atoms with Crippen molar-refractivity contribution >= 4 is 11.6 Å². The van der Waals surface area contributed by atoms with Crippen molar-refractivity contribution in [3.63, 3.8) is 0 Å². The molecular formula is C14H23N5O. The van der Waals surface area contributed by atoms with Gasteiger partial charge in [0.25, 0.3) is 0 Å². The van der Waals surface area contributed by atoms with Crippen molar-refractivity contribution in [2.45, 2.75) is 18.4 Å². The van der Waals surface area contributed by atoms with Crippen molar-refractivity contribution in [1.82, 2.24) is 15.3 Å². The number of nitrogens with zero attached hydrogens (tertiary/aromatic N) is 4. The highest BCUT2D eigenvalue weighted by molar-refractivity contribution is 5.61. The molecule has 2 saturated heterocycles. The zero-order valence-electron chi connectivity index (χ0n) is 12.2. The van der Waals surface area contributed by atoms with Crippen LogP contribution >= 0.6 is 0 Å². The highest BCUT2D eigenvalue weighted by atomic mass is 16.3. The normalized spacial score (nSPS) is 29.9. The molecule has 0 amide bonds. The van der Waals surface area contributed by atoms with Gasteiger partial charge in [0.1, 0.15) is 0 Å². The summed E-state index contributed by atoms with van der Waals surface area (Å²) in [6.45, 7) is 3.47. The van der Waals surface area contributed by atoms with E-state index in [1.165, 1.54) is 0 Å². The van der Waals surface area contributed by atoms with Crippen molar-refractivity contribution in [1.29, 1.82) is 0 Å². The van der Waals surface area contributed by atoms with Crippen LogP contribution in [0.4, 0.5) is 11.6 Å². The Bertz CT molecular complexity index is 480. The standard InChI is InChI=1S/C14H23N5O/c1-18(2)12-13(17-7-6-16-12)19-8-4-14(20)3-5-15-9-11(14)10-19/h6-7,11,15,20H,3-5,8-10H2,1-2H3/t11-,14-/m0/s1. The summed E-state index contributed by atoms with van der Waals surface area (Å²) in [5, 5.41) is 14.1. The Morgan fingerprint density at radius 3 is 2.95 bits per heavy atom. The van der Waals surface area contributed by atoms with Crippen LogP contribution in [0.2, 0.25) is 0 Å². The van der Waals surface area contributed by atoms with Crippen LogP contribution in [-0.4, -0.2) is 60.9 Å². The average molecular weight is 277 g/mol. The molecule has 3 rings (SSSR count). The van der Waals surface area contributed by atoms with Gasteiger partial charge >= 0.3 is 0 Å². The molecule has 0 radical (unpaired) electrons. The maximum atomic E-state index is 10.7. The number of hydrogen-bond donors (Lipinski definition) is 2. The van der Waals surface area contributed by atoms with Gasteiger partial charge < -0.3 is 20.2 Å². The molecule has 0 aromatic carbocycles. The average Bonchev–Trinajstić information content (AvgIpc) is 2.46. The minimum Gasteiger partial charge on any atom is -0.389 e. The molecular weight excluding hydrogens is 254 g/mol. The summed E-state index contributed by atoms with van der Waals surface area (Å²) in [7, 11) is 3.96. The maximum Gasteiger partial charge on any atom is 0.171 e. The second-order valence-electron chi connectivity index (χ2n) is 6.05. The molecule has 0 saturated carbocycles. The largest absolute Gasteiger partial charge is 0.389 e. The quantitative estimate of drug-likeness (QED) is 0.799. The first-order valence-corrected chi connectivity index (χ1v) is 7.26. The highest BCUT2D eigenvalue weighted by Crippen LogP contribution is 2.35. The van der Waals surface area contributed by atoms with Gasteiger partial charge in [-0.2, -0.15) is 0 Å². The van der Waals surface area contributed by atoms with E-state index in [-0.39, 0.29) is 5.92 Å². The van der Waals surface area contributed by atoms with Crippen molar-refractivity contribution < 1.29 is 5.11 Å². The van der Waals surface area contributed by atoms with Crippen LogP contribution in [-0.2, 0) is 0 Å². The van der Waals surface area contributed by atoms with Gasteiger partial charge in [-0.15, -0.1) is 0 Å². The molecule has 0 unspecified atom stereocenters. The van der Waals surface area contributed by atoms with E-state index < -0.39 is 5.60 Å². The van der Waals surface area contributed by atoms with Gasteiger partial charge in [-0.25, -0.2) is 9.97 Å². The summed E-state index contributed by atoms with van der Waals surface area (Å²) in [5.74, 6) is 2.08. The van der Waals surface area contributed by atoms with Crippen LogP contribution < -0.4 is 15.1 Å². The molecule has 1 aromatic heterocycles. The number of hydrogen-bond acceptors (Lipinski definition) is 6. The number of nitrogens with one attached hydrogen (secondary N) is 1. The fraction of sp³-hybridized carbons (Fsp3) is 0.714. The van der Waals surface area contributed by atoms with Gasteiger partial charge in [-0.05, 0) is 19.4 Å². The Labute approximate surface area is 119 Å². The number of fused-ring (bicyclic) bond motifs is 1. The first-order valence-electron chi connectivity index (χ1n) is 7.26. The van der Waals surface area contributed by atoms with Gasteiger partial charge in [-0.3, -0.25) is 0 Å². The zero-order valence-corrected chi connectivity index (χ0v) is 12.2. The van der Waals surface area contributed by atoms with Gasteiger partial charge in [-0.1, -0.05) is 0 Å². The molecule has 2 aliphatic heterocycles. The molecule has 0 spiro atoms. The van der Waals surface area contributed by atoms with Gasteiger partial charge in [0.2, 0.25) is 0 Å². The van der Waals surface area contributed by atoms with E-state index in [1.54, 1.807) is 12.4 Å². The number of aliphatic hydroxyl groups is 1. The lowest BCUT2D eigenvalue weighted by Gasteiger charge is -2.48. The van der Waals surface area contributed by atoms with E-state index in [0.717, 1.165) is 50.7 Å². The summed E-state index contributed by atoms with van der Waals surface area (Å²) >= 11 is 0. The highest BCUT2D eigenvalue weighted by Gasteiger charge is 2.43. The Hall–Kier alpha value is -1.40. The molecule has 2 N–H and O–H groups in total. The summed E-state index contributed by atoms with van der Waals surface area (Å²) in [6, 6.07) is 0. The van der Waals surface area contributed by atoms with E-state index in [1.807, 2.05) is 19.0 Å². The Kier molecular flexibility index (Phi) is 3.52. The van der Waals surface area contributed by atoms with E-state index in [0.29, 0.717) is 0 Å². The lowest BCUT2D eigenvalue weighted by Crippen LogP contribution is -2.59. The van der Waals surface area contributed by atoms with Crippen LogP contribution in [0.3, 0.4) is 0 Å². The third-order valence-corrected chi connectivity index (χ3v) is 4.52. The molecule has 0 aliphatic carbocycles. The summed E-state index contributed by atoms with van der Waals surface area (Å²) in [6.07, 6.45) is 5.12. The molecule has 110 valence electrons. The monoisotopic (exact) mass is 277 g/mol. The fourth-order valence-corrected chi connectivity index (χ4v) is 3.28. The molecule has 20 heavy (non-hydrogen) atoms. The Morgan fingerprint density at radius 2 is 2.15 bits per heavy atom. The van der Waals surface area contributed by atoms with Crippen molar-refractivity contribution in [3.05, 3.63) is 12.4 Å². The number of anilines is 2. The summed E-state index contributed by atoms with van der Waals surface area (Å²) < 4.78 is 0. The zero-order chi connectivity index (χ0) is 14.2. The topological polar surface area (TPSA) is 64.5 Å². The van der Waals surface area contributed by atoms with Crippen LogP contribution in [0.1, 0.15) is 12.8 Å². The first kappa shape index (κ1) is 13.6. The van der Waals surface area contributed by atoms with Crippen molar-refractivity contribution in [2.24, 2.45) is 5.92 Å². The molecule has 2 atom stereocenters. The molecule has 3 heterocycles. The van der Waals surface area contributed by atoms with E-state index in [2.05, 4.69) is 20.2 Å². The molecule has 2 aliphatic rings. The second kappa shape index (κ2) is 5.18. The molecule has 6 nitrogen and oxygen atoms in total. The molecule has 2 fully saturated rings. The minimum absolute atomic E-state index is 0.266. The first-order chi connectivity index (χ1) is 9.60.